The number of aryl methyl sites for hydroxylation is 3. The Bertz CT molecular complexity index is 1570. The second kappa shape index (κ2) is 10.6. The van der Waals surface area contributed by atoms with Crippen LogP contribution in [0.3, 0.4) is 0 Å². The van der Waals surface area contributed by atoms with Crippen molar-refractivity contribution in [3.8, 4) is 5.69 Å². The molecule has 8 nitrogen and oxygen atoms in total. The van der Waals surface area contributed by atoms with E-state index in [0.717, 1.165) is 57.9 Å². The first-order valence-electron chi connectivity index (χ1n) is 13.0. The van der Waals surface area contributed by atoms with Crippen molar-refractivity contribution in [2.45, 2.75) is 63.7 Å². The van der Waals surface area contributed by atoms with Crippen LogP contribution in [0.2, 0.25) is 0 Å². The van der Waals surface area contributed by atoms with E-state index >= 15 is 0 Å². The molecule has 2 N–H and O–H groups in total. The molecule has 0 spiro atoms. The molecule has 9 heteroatoms. The Labute approximate surface area is 223 Å². The van der Waals surface area contributed by atoms with Gasteiger partial charge in [-0.15, -0.1) is 0 Å². The number of nitrogens with one attached hydrogen (secondary N) is 2. The van der Waals surface area contributed by atoms with Gasteiger partial charge in [0.1, 0.15) is 11.3 Å². The Morgan fingerprint density at radius 3 is 2.34 bits per heavy atom. The van der Waals surface area contributed by atoms with E-state index in [1.807, 2.05) is 26.0 Å². The Hall–Kier alpha value is -3.72. The smallest absolute Gasteiger partial charge is 0.328 e. The zero-order chi connectivity index (χ0) is 26.9. The number of fused-ring (bicyclic) bond motifs is 1. The molecule has 198 valence electrons. The van der Waals surface area contributed by atoms with Crippen LogP contribution in [0.4, 0.5) is 4.79 Å². The standard InChI is InChI=1S/C29H33N5O3S/c1-19-8-14-25(15-9-19)38(36,37)33-29(35)30-17-16-22-10-12-24(13-11-22)34-27(23-6-4-5-7-23)32-26-20(2)18-21(3)31-28(26)34/h8-15,18,23H,4-7,16-17H2,1-3H3,(H2,30,33,35). The number of nitrogens with zero attached hydrogens (tertiary/aromatic N) is 3. The van der Waals surface area contributed by atoms with Crippen molar-refractivity contribution in [1.29, 1.82) is 0 Å². The lowest BCUT2D eigenvalue weighted by Gasteiger charge is -2.14. The second-order valence-electron chi connectivity index (χ2n) is 10.1. The topological polar surface area (TPSA) is 106 Å². The highest BCUT2D eigenvalue weighted by atomic mass is 32.2. The molecule has 1 saturated carbocycles. The van der Waals surface area contributed by atoms with E-state index in [2.05, 4.69) is 39.7 Å². The molecule has 1 aliphatic carbocycles. The van der Waals surface area contributed by atoms with Crippen LogP contribution in [0.25, 0.3) is 16.9 Å². The normalized spacial score (nSPS) is 14.2. The number of amides is 2. The molecular formula is C29H33N5O3S. The van der Waals surface area contributed by atoms with Crippen LogP contribution in [0.15, 0.2) is 59.5 Å². The van der Waals surface area contributed by atoms with Gasteiger partial charge in [-0.2, -0.15) is 0 Å². The van der Waals surface area contributed by atoms with Gasteiger partial charge in [0, 0.05) is 23.8 Å². The fourth-order valence-corrected chi connectivity index (χ4v) is 6.08. The minimum Gasteiger partial charge on any atom is -0.337 e. The molecule has 0 saturated heterocycles. The molecular weight excluding hydrogens is 498 g/mol. The Morgan fingerprint density at radius 1 is 0.974 bits per heavy atom. The zero-order valence-electron chi connectivity index (χ0n) is 22.0. The summed E-state index contributed by atoms with van der Waals surface area (Å²) in [4.78, 5) is 22.2. The summed E-state index contributed by atoms with van der Waals surface area (Å²) >= 11 is 0. The van der Waals surface area contributed by atoms with E-state index < -0.39 is 16.1 Å². The summed E-state index contributed by atoms with van der Waals surface area (Å²) in [6.45, 7) is 6.27. The average Bonchev–Trinajstić information content (AvgIpc) is 3.53. The second-order valence-corrected chi connectivity index (χ2v) is 11.8. The maximum Gasteiger partial charge on any atom is 0.328 e. The van der Waals surface area contributed by atoms with E-state index in [9.17, 15) is 13.2 Å². The molecule has 0 unspecified atom stereocenters. The number of pyridine rings is 1. The van der Waals surface area contributed by atoms with Gasteiger partial charge in [0.25, 0.3) is 10.0 Å². The molecule has 2 heterocycles. The number of carbonyl (C=O) groups excluding carboxylic acids is 1. The molecule has 2 amide bonds. The van der Waals surface area contributed by atoms with Crippen LogP contribution in [-0.2, 0) is 16.4 Å². The van der Waals surface area contributed by atoms with E-state index in [1.54, 1.807) is 12.1 Å². The van der Waals surface area contributed by atoms with Gasteiger partial charge < -0.3 is 5.32 Å². The molecule has 2 aromatic carbocycles. The number of aromatic nitrogens is 3. The molecule has 1 aliphatic rings. The number of hydrogen-bond acceptors (Lipinski definition) is 5. The molecule has 38 heavy (non-hydrogen) atoms. The molecule has 0 aliphatic heterocycles. The van der Waals surface area contributed by atoms with E-state index in [0.29, 0.717) is 18.9 Å². The minimum atomic E-state index is -3.91. The van der Waals surface area contributed by atoms with Crippen LogP contribution in [0.5, 0.6) is 0 Å². The summed E-state index contributed by atoms with van der Waals surface area (Å²) in [6.07, 6.45) is 5.31. The summed E-state index contributed by atoms with van der Waals surface area (Å²) in [6, 6.07) is 15.9. The van der Waals surface area contributed by atoms with E-state index in [-0.39, 0.29) is 4.90 Å². The van der Waals surface area contributed by atoms with Crippen LogP contribution >= 0.6 is 0 Å². The number of imidazole rings is 1. The number of carbonyl (C=O) groups is 1. The monoisotopic (exact) mass is 531 g/mol. The van der Waals surface area contributed by atoms with Gasteiger partial charge in [0.05, 0.1) is 4.90 Å². The summed E-state index contributed by atoms with van der Waals surface area (Å²) in [5.41, 5.74) is 6.95. The first-order valence-corrected chi connectivity index (χ1v) is 14.5. The highest BCUT2D eigenvalue weighted by Crippen LogP contribution is 2.37. The van der Waals surface area contributed by atoms with Crippen molar-refractivity contribution in [3.05, 3.63) is 82.8 Å². The lowest BCUT2D eigenvalue weighted by atomic mass is 10.1. The van der Waals surface area contributed by atoms with Gasteiger partial charge in [-0.3, -0.25) is 4.57 Å². The fourth-order valence-electron chi connectivity index (χ4n) is 5.16. The van der Waals surface area contributed by atoms with Gasteiger partial charge in [-0.25, -0.2) is 27.9 Å². The summed E-state index contributed by atoms with van der Waals surface area (Å²) in [5.74, 6) is 1.52. The largest absolute Gasteiger partial charge is 0.337 e. The predicted octanol–water partition coefficient (Wildman–Crippen LogP) is 5.23. The maximum atomic E-state index is 12.4. The van der Waals surface area contributed by atoms with Crippen LogP contribution < -0.4 is 10.0 Å². The first kappa shape index (κ1) is 25.9. The van der Waals surface area contributed by atoms with Crippen molar-refractivity contribution in [2.75, 3.05) is 6.54 Å². The summed E-state index contributed by atoms with van der Waals surface area (Å²) in [7, 11) is -3.91. The SMILES string of the molecule is Cc1ccc(S(=O)(=O)NC(=O)NCCc2ccc(-n3c(C4CCCC4)nc4c(C)cc(C)nc43)cc2)cc1. The van der Waals surface area contributed by atoms with Gasteiger partial charge in [-0.05, 0) is 81.5 Å². The molecule has 0 atom stereocenters. The highest BCUT2D eigenvalue weighted by Gasteiger charge is 2.26. The van der Waals surface area contributed by atoms with Crippen LogP contribution in [0, 0.1) is 20.8 Å². The molecule has 0 radical (unpaired) electrons. The minimum absolute atomic E-state index is 0.0534. The Balaban J connectivity index is 1.28. The number of hydrogen-bond donors (Lipinski definition) is 2. The van der Waals surface area contributed by atoms with Crippen molar-refractivity contribution in [1.82, 2.24) is 24.6 Å². The average molecular weight is 532 g/mol. The fraction of sp³-hybridized carbons (Fsp3) is 0.345. The predicted molar refractivity (Wildman–Crippen MR) is 148 cm³/mol. The molecule has 0 bridgehead atoms. The van der Waals surface area contributed by atoms with Crippen LogP contribution in [-0.4, -0.2) is 35.5 Å². The van der Waals surface area contributed by atoms with Gasteiger partial charge in [0.2, 0.25) is 0 Å². The lowest BCUT2D eigenvalue weighted by molar-refractivity contribution is 0.246. The molecule has 5 rings (SSSR count). The number of benzene rings is 2. The van der Waals surface area contributed by atoms with Crippen molar-refractivity contribution >= 4 is 27.2 Å². The Kier molecular flexibility index (Phi) is 7.21. The number of sulfonamides is 1. The molecule has 4 aromatic rings. The van der Waals surface area contributed by atoms with E-state index in [4.69, 9.17) is 9.97 Å². The maximum absolute atomic E-state index is 12.4. The third-order valence-electron chi connectivity index (χ3n) is 7.13. The van der Waals surface area contributed by atoms with Gasteiger partial charge in [-0.1, -0.05) is 42.7 Å². The van der Waals surface area contributed by atoms with Crippen molar-refractivity contribution in [2.24, 2.45) is 0 Å². The third-order valence-corrected chi connectivity index (χ3v) is 8.48. The number of urea groups is 1. The molecule has 1 fully saturated rings. The zero-order valence-corrected chi connectivity index (χ0v) is 22.8. The van der Waals surface area contributed by atoms with E-state index in [1.165, 1.54) is 25.0 Å². The first-order chi connectivity index (χ1) is 18.2. The van der Waals surface area contributed by atoms with Gasteiger partial charge in [0.15, 0.2) is 5.65 Å². The summed E-state index contributed by atoms with van der Waals surface area (Å²) in [5, 5.41) is 2.64. The third kappa shape index (κ3) is 5.43. The molecule has 2 aromatic heterocycles. The van der Waals surface area contributed by atoms with Crippen molar-refractivity contribution < 1.29 is 13.2 Å². The Morgan fingerprint density at radius 2 is 1.66 bits per heavy atom. The summed E-state index contributed by atoms with van der Waals surface area (Å²) < 4.78 is 29.1. The quantitative estimate of drug-likeness (QED) is 0.340. The van der Waals surface area contributed by atoms with Crippen LogP contribution in [0.1, 0.15) is 59.8 Å². The number of rotatable bonds is 7. The highest BCUT2D eigenvalue weighted by molar-refractivity contribution is 7.90. The van der Waals surface area contributed by atoms with Gasteiger partial charge >= 0.3 is 6.03 Å². The lowest BCUT2D eigenvalue weighted by Crippen LogP contribution is -2.40. The van der Waals surface area contributed by atoms with Crippen molar-refractivity contribution in [3.63, 3.8) is 0 Å².